The fourth-order valence-electron chi connectivity index (χ4n) is 8.39. The van der Waals surface area contributed by atoms with Crippen molar-refractivity contribution in [3.8, 4) is 39.1 Å². The molecule has 2 aromatic heterocycles. The van der Waals surface area contributed by atoms with Crippen LogP contribution in [0, 0.1) is 12.1 Å². The maximum Gasteiger partial charge on any atom is 0.0547 e. The molecular formula is C54H34N2S. The van der Waals surface area contributed by atoms with Crippen LogP contribution >= 0.6 is 11.3 Å². The zero-order chi connectivity index (χ0) is 37.7. The number of anilines is 3. The molecule has 0 unspecified atom stereocenters. The van der Waals surface area contributed by atoms with Gasteiger partial charge < -0.3 is 9.47 Å². The van der Waals surface area contributed by atoms with Crippen LogP contribution in [0.2, 0.25) is 0 Å². The van der Waals surface area contributed by atoms with Gasteiger partial charge in [-0.15, -0.1) is 11.3 Å². The van der Waals surface area contributed by atoms with Gasteiger partial charge in [-0.3, -0.25) is 0 Å². The Labute approximate surface area is 335 Å². The normalized spacial score (nSPS) is 11.4. The van der Waals surface area contributed by atoms with Gasteiger partial charge in [-0.25, -0.2) is 0 Å². The molecule has 0 saturated carbocycles. The zero-order valence-electron chi connectivity index (χ0n) is 30.9. The van der Waals surface area contributed by atoms with E-state index < -0.39 is 0 Å². The molecule has 0 aliphatic rings. The van der Waals surface area contributed by atoms with Crippen LogP contribution in [0.15, 0.2) is 206 Å². The van der Waals surface area contributed by atoms with Crippen LogP contribution in [-0.2, 0) is 0 Å². The third-order valence-electron chi connectivity index (χ3n) is 11.1. The first-order valence-electron chi connectivity index (χ1n) is 19.3. The highest BCUT2D eigenvalue weighted by atomic mass is 32.1. The van der Waals surface area contributed by atoms with E-state index in [1.807, 2.05) is 17.4 Å². The Balaban J connectivity index is 1.06. The van der Waals surface area contributed by atoms with Gasteiger partial charge in [0.05, 0.1) is 16.4 Å². The second kappa shape index (κ2) is 13.7. The maximum absolute atomic E-state index is 3.38. The summed E-state index contributed by atoms with van der Waals surface area (Å²) < 4.78 is 4.91. The van der Waals surface area contributed by atoms with Crippen molar-refractivity contribution < 1.29 is 0 Å². The molecule has 2 heterocycles. The van der Waals surface area contributed by atoms with E-state index >= 15 is 0 Å². The third kappa shape index (κ3) is 5.75. The van der Waals surface area contributed by atoms with Crippen LogP contribution in [0.3, 0.4) is 0 Å². The van der Waals surface area contributed by atoms with Gasteiger partial charge >= 0.3 is 0 Å². The number of benzene rings is 8. The molecule has 0 radical (unpaired) electrons. The number of rotatable bonds is 7. The van der Waals surface area contributed by atoms with E-state index in [-0.39, 0.29) is 0 Å². The quantitative estimate of drug-likeness (QED) is 0.158. The van der Waals surface area contributed by atoms with Crippen LogP contribution in [0.4, 0.5) is 17.1 Å². The highest BCUT2D eigenvalue weighted by Gasteiger charge is 2.19. The van der Waals surface area contributed by atoms with Crippen LogP contribution in [0.25, 0.3) is 81.0 Å². The van der Waals surface area contributed by atoms with Gasteiger partial charge in [0.25, 0.3) is 0 Å². The van der Waals surface area contributed by atoms with E-state index in [4.69, 9.17) is 0 Å². The van der Waals surface area contributed by atoms with E-state index in [9.17, 15) is 0 Å². The smallest absolute Gasteiger partial charge is 0.0547 e. The molecule has 57 heavy (non-hydrogen) atoms. The fraction of sp³-hybridized carbons (Fsp3) is 0. The summed E-state index contributed by atoms with van der Waals surface area (Å²) in [7, 11) is 0. The van der Waals surface area contributed by atoms with E-state index in [0.29, 0.717) is 0 Å². The predicted molar refractivity (Wildman–Crippen MR) is 242 cm³/mol. The van der Waals surface area contributed by atoms with Gasteiger partial charge in [-0.05, 0) is 112 Å². The van der Waals surface area contributed by atoms with Gasteiger partial charge in [0, 0.05) is 48.3 Å². The minimum absolute atomic E-state index is 1.09. The minimum atomic E-state index is 1.09. The summed E-state index contributed by atoms with van der Waals surface area (Å²) in [6, 6.07) is 81.0. The highest BCUT2D eigenvalue weighted by molar-refractivity contribution is 7.25. The number of para-hydroxylation sites is 1. The number of aromatic nitrogens is 1. The Morgan fingerprint density at radius 1 is 0.421 bits per heavy atom. The Morgan fingerprint density at radius 3 is 1.75 bits per heavy atom. The number of fused-ring (bicyclic) bond motifs is 6. The molecule has 2 nitrogen and oxygen atoms in total. The van der Waals surface area contributed by atoms with Gasteiger partial charge in [0.2, 0.25) is 0 Å². The molecule has 11 aromatic rings. The third-order valence-corrected chi connectivity index (χ3v) is 12.2. The van der Waals surface area contributed by atoms with Crippen LogP contribution in [0.1, 0.15) is 0 Å². The van der Waals surface area contributed by atoms with Crippen molar-refractivity contribution in [2.45, 2.75) is 0 Å². The molecule has 0 fully saturated rings. The van der Waals surface area contributed by atoms with Crippen molar-refractivity contribution in [2.24, 2.45) is 0 Å². The number of nitrogens with zero attached hydrogens (tertiary/aromatic N) is 2. The Bertz CT molecular complexity index is 3130. The standard InChI is InChI=1S/C54H34N2S/c1-3-13-37(14-4-1)39-25-29-42(30-26-39)55(43-31-27-40(28-32-43)38-15-5-2-6-16-38)44-18-11-17-41(35-44)46-21-12-23-51-54(46)48-20-7-9-22-50(48)56(51)45-33-34-53-49(36-45)47-19-8-10-24-52(47)57-53/h1-7,9-18,20-36H. The Kier molecular flexibility index (Phi) is 7.95. The van der Waals surface area contributed by atoms with E-state index in [1.54, 1.807) is 0 Å². The summed E-state index contributed by atoms with van der Waals surface area (Å²) in [5.41, 5.74) is 14.0. The first-order chi connectivity index (χ1) is 28.3. The second-order valence-corrected chi connectivity index (χ2v) is 15.5. The topological polar surface area (TPSA) is 8.17 Å². The molecule has 0 atom stereocenters. The summed E-state index contributed by atoms with van der Waals surface area (Å²) in [4.78, 5) is 2.37. The molecule has 266 valence electrons. The van der Waals surface area contributed by atoms with Crippen molar-refractivity contribution in [2.75, 3.05) is 4.90 Å². The predicted octanol–water partition coefficient (Wildman–Crippen LogP) is 15.2. The first-order valence-corrected chi connectivity index (χ1v) is 20.1. The average molecular weight is 743 g/mol. The summed E-state index contributed by atoms with van der Waals surface area (Å²) >= 11 is 1.81. The van der Waals surface area contributed by atoms with E-state index in [1.165, 1.54) is 64.4 Å². The summed E-state index contributed by atoms with van der Waals surface area (Å²) in [6.07, 6.45) is 0. The summed E-state index contributed by atoms with van der Waals surface area (Å²) in [5.74, 6) is 0. The fourth-order valence-corrected chi connectivity index (χ4v) is 9.43. The molecular weight excluding hydrogens is 709 g/mol. The van der Waals surface area contributed by atoms with Crippen molar-refractivity contribution >= 4 is 70.4 Å². The van der Waals surface area contributed by atoms with Gasteiger partial charge in [0.1, 0.15) is 0 Å². The van der Waals surface area contributed by atoms with Crippen molar-refractivity contribution in [3.63, 3.8) is 0 Å². The Hall–Kier alpha value is -7.38. The lowest BCUT2D eigenvalue weighted by Gasteiger charge is -2.26. The number of thiophene rings is 1. The SMILES string of the molecule is c1ccc2sc3ccc(-n4c5ccccc5c5c(-c6cccc(N(c7ccc(-c8ccccc8)cc7)c7ccc(-c8ccccc8)cc7)c6)cccc54)cc3c2c#1. The minimum Gasteiger partial charge on any atom is -0.310 e. The van der Waals surface area contributed by atoms with Gasteiger partial charge in [-0.1, -0.05) is 140 Å². The molecule has 0 bridgehead atoms. The lowest BCUT2D eigenvalue weighted by Crippen LogP contribution is -2.10. The van der Waals surface area contributed by atoms with E-state index in [2.05, 4.69) is 222 Å². The molecule has 0 aliphatic carbocycles. The Morgan fingerprint density at radius 2 is 1.04 bits per heavy atom. The molecule has 0 N–H and O–H groups in total. The molecule has 11 rings (SSSR count). The average Bonchev–Trinajstić information content (AvgIpc) is 3.83. The highest BCUT2D eigenvalue weighted by Crippen LogP contribution is 2.43. The van der Waals surface area contributed by atoms with Crippen LogP contribution < -0.4 is 4.90 Å². The molecule has 0 saturated heterocycles. The molecule has 0 aliphatic heterocycles. The molecule has 9 aromatic carbocycles. The number of hydrogen-bond donors (Lipinski definition) is 0. The van der Waals surface area contributed by atoms with Crippen LogP contribution in [-0.4, -0.2) is 4.57 Å². The van der Waals surface area contributed by atoms with Gasteiger partial charge in [-0.2, -0.15) is 0 Å². The monoisotopic (exact) mass is 742 g/mol. The van der Waals surface area contributed by atoms with Crippen LogP contribution in [0.5, 0.6) is 0 Å². The first kappa shape index (κ1) is 33.0. The van der Waals surface area contributed by atoms with Crippen molar-refractivity contribution in [1.29, 1.82) is 0 Å². The second-order valence-electron chi connectivity index (χ2n) is 14.4. The van der Waals surface area contributed by atoms with Crippen molar-refractivity contribution in [3.05, 3.63) is 218 Å². The molecule has 0 amide bonds. The largest absolute Gasteiger partial charge is 0.310 e. The van der Waals surface area contributed by atoms with Gasteiger partial charge in [0.15, 0.2) is 0 Å². The molecule has 0 spiro atoms. The number of hydrogen-bond acceptors (Lipinski definition) is 2. The lowest BCUT2D eigenvalue weighted by molar-refractivity contribution is 1.19. The lowest BCUT2D eigenvalue weighted by atomic mass is 9.98. The maximum atomic E-state index is 3.38. The molecule has 3 heteroatoms. The summed E-state index contributed by atoms with van der Waals surface area (Å²) in [5, 5.41) is 4.82. The summed E-state index contributed by atoms with van der Waals surface area (Å²) in [6.45, 7) is 0. The van der Waals surface area contributed by atoms with E-state index in [0.717, 1.165) is 33.7 Å². The van der Waals surface area contributed by atoms with Crippen molar-refractivity contribution in [1.82, 2.24) is 4.57 Å². The zero-order valence-corrected chi connectivity index (χ0v) is 31.7.